The molecule has 2 aromatic rings. The maximum Gasteiger partial charge on any atom is 0.272 e. The Morgan fingerprint density at radius 2 is 1.84 bits per heavy atom. The molecule has 0 unspecified atom stereocenters. The van der Waals surface area contributed by atoms with Gasteiger partial charge in [-0.15, -0.1) is 0 Å². The number of nitrogens with one attached hydrogen (secondary N) is 1. The number of rotatable bonds is 4. The van der Waals surface area contributed by atoms with Crippen LogP contribution in [0.15, 0.2) is 30.3 Å². The number of likely N-dealkylation sites (N-methyl/N-ethyl adjacent to an activating group) is 1. The van der Waals surface area contributed by atoms with Crippen molar-refractivity contribution in [1.82, 2.24) is 19.8 Å². The van der Waals surface area contributed by atoms with Crippen molar-refractivity contribution in [3.05, 3.63) is 52.3 Å². The zero-order valence-corrected chi connectivity index (χ0v) is 15.3. The zero-order valence-electron chi connectivity index (χ0n) is 14.5. The lowest BCUT2D eigenvalue weighted by Crippen LogP contribution is -2.47. The minimum atomic E-state index is -0.0341. The number of aromatic nitrogens is 2. The molecular formula is C18H22ClN5O. The van der Waals surface area contributed by atoms with E-state index in [0.29, 0.717) is 23.2 Å². The summed E-state index contributed by atoms with van der Waals surface area (Å²) in [6.45, 7) is 5.67. The summed E-state index contributed by atoms with van der Waals surface area (Å²) in [5, 5.41) is 3.89. The van der Waals surface area contributed by atoms with Gasteiger partial charge in [0.05, 0.1) is 0 Å². The van der Waals surface area contributed by atoms with Gasteiger partial charge in [-0.1, -0.05) is 23.7 Å². The Morgan fingerprint density at radius 1 is 1.16 bits per heavy atom. The highest BCUT2D eigenvalue weighted by atomic mass is 35.5. The van der Waals surface area contributed by atoms with E-state index in [9.17, 15) is 4.79 Å². The summed E-state index contributed by atoms with van der Waals surface area (Å²) in [6.07, 6.45) is 0. The topological polar surface area (TPSA) is 61.4 Å². The third-order valence-electron chi connectivity index (χ3n) is 4.23. The van der Waals surface area contributed by atoms with Crippen molar-refractivity contribution in [2.45, 2.75) is 13.5 Å². The summed E-state index contributed by atoms with van der Waals surface area (Å²) in [6, 6.07) is 9.33. The predicted molar refractivity (Wildman–Crippen MR) is 98.9 cm³/mol. The quantitative estimate of drug-likeness (QED) is 0.908. The lowest BCUT2D eigenvalue weighted by molar-refractivity contribution is 0.0658. The third kappa shape index (κ3) is 4.67. The molecule has 1 aromatic heterocycles. The van der Waals surface area contributed by atoms with Crippen LogP contribution in [0.1, 0.15) is 21.7 Å². The van der Waals surface area contributed by atoms with Gasteiger partial charge in [-0.05, 0) is 37.7 Å². The van der Waals surface area contributed by atoms with Gasteiger partial charge in [-0.2, -0.15) is 0 Å². The molecule has 0 atom stereocenters. The molecule has 0 spiro atoms. The Morgan fingerprint density at radius 3 is 2.52 bits per heavy atom. The van der Waals surface area contributed by atoms with Crippen molar-refractivity contribution in [3.8, 4) is 0 Å². The maximum absolute atomic E-state index is 12.7. The normalized spacial score (nSPS) is 15.2. The van der Waals surface area contributed by atoms with Gasteiger partial charge < -0.3 is 15.1 Å². The number of carbonyl (C=O) groups excluding carboxylic acids is 1. The Hall–Kier alpha value is -2.18. The Bertz CT molecular complexity index is 742. The number of hydrogen-bond donors (Lipinski definition) is 1. The van der Waals surface area contributed by atoms with E-state index >= 15 is 0 Å². The molecule has 0 saturated carbocycles. The molecule has 1 saturated heterocycles. The van der Waals surface area contributed by atoms with Gasteiger partial charge in [-0.25, -0.2) is 9.97 Å². The van der Waals surface area contributed by atoms with E-state index in [1.165, 1.54) is 0 Å². The van der Waals surface area contributed by atoms with Crippen LogP contribution >= 0.6 is 11.6 Å². The molecule has 0 aliphatic carbocycles. The van der Waals surface area contributed by atoms with Gasteiger partial charge in [0.25, 0.3) is 5.91 Å². The number of amides is 1. The number of benzene rings is 1. The van der Waals surface area contributed by atoms with Crippen LogP contribution in [-0.2, 0) is 6.54 Å². The van der Waals surface area contributed by atoms with Gasteiger partial charge in [0, 0.05) is 43.4 Å². The standard InChI is InChI=1S/C18H22ClN5O/c1-13-11-16(17(25)24-9-7-23(2)8-10-24)22-18(21-13)20-12-14-3-5-15(19)6-4-14/h3-6,11H,7-10,12H2,1-2H3,(H,20,21,22). The van der Waals surface area contributed by atoms with Gasteiger partial charge in [0.2, 0.25) is 5.95 Å². The van der Waals surface area contributed by atoms with E-state index in [1.54, 1.807) is 6.07 Å². The van der Waals surface area contributed by atoms with Crippen LogP contribution in [0.25, 0.3) is 0 Å². The first-order chi connectivity index (χ1) is 12.0. The van der Waals surface area contributed by atoms with Gasteiger partial charge in [0.1, 0.15) is 5.69 Å². The molecule has 132 valence electrons. The number of anilines is 1. The zero-order chi connectivity index (χ0) is 17.8. The van der Waals surface area contributed by atoms with E-state index in [4.69, 9.17) is 11.6 Å². The molecule has 6 nitrogen and oxygen atoms in total. The Kier molecular flexibility index (Phi) is 5.50. The largest absolute Gasteiger partial charge is 0.350 e. The van der Waals surface area contributed by atoms with Crippen molar-refractivity contribution < 1.29 is 4.79 Å². The minimum Gasteiger partial charge on any atom is -0.350 e. The minimum absolute atomic E-state index is 0.0341. The number of aryl methyl sites for hydroxylation is 1. The second-order valence-corrected chi connectivity index (χ2v) is 6.73. The highest BCUT2D eigenvalue weighted by molar-refractivity contribution is 6.30. The number of piperazine rings is 1. The lowest BCUT2D eigenvalue weighted by Gasteiger charge is -2.32. The first-order valence-corrected chi connectivity index (χ1v) is 8.71. The average molecular weight is 360 g/mol. The third-order valence-corrected chi connectivity index (χ3v) is 4.48. The van der Waals surface area contributed by atoms with Crippen LogP contribution in [0.5, 0.6) is 0 Å². The summed E-state index contributed by atoms with van der Waals surface area (Å²) < 4.78 is 0. The van der Waals surface area contributed by atoms with Gasteiger partial charge in [0.15, 0.2) is 0 Å². The number of nitrogens with zero attached hydrogens (tertiary/aromatic N) is 4. The van der Waals surface area contributed by atoms with E-state index in [1.807, 2.05) is 36.1 Å². The lowest BCUT2D eigenvalue weighted by atomic mass is 10.2. The SMILES string of the molecule is Cc1cc(C(=O)N2CCN(C)CC2)nc(NCc2ccc(Cl)cc2)n1. The highest BCUT2D eigenvalue weighted by Gasteiger charge is 2.22. The van der Waals surface area contributed by atoms with Crippen LogP contribution < -0.4 is 5.32 Å². The number of carbonyl (C=O) groups is 1. The van der Waals surface area contributed by atoms with Gasteiger partial charge >= 0.3 is 0 Å². The van der Waals surface area contributed by atoms with Gasteiger partial charge in [-0.3, -0.25) is 4.79 Å². The molecule has 1 N–H and O–H groups in total. The van der Waals surface area contributed by atoms with Crippen LogP contribution in [0, 0.1) is 6.92 Å². The van der Waals surface area contributed by atoms with Crippen LogP contribution in [0.2, 0.25) is 5.02 Å². The average Bonchev–Trinajstić information content (AvgIpc) is 2.61. The monoisotopic (exact) mass is 359 g/mol. The van der Waals surface area contributed by atoms with Crippen LogP contribution in [0.3, 0.4) is 0 Å². The molecule has 1 aliphatic rings. The van der Waals surface area contributed by atoms with Crippen molar-refractivity contribution >= 4 is 23.5 Å². The molecule has 3 rings (SSSR count). The summed E-state index contributed by atoms with van der Waals surface area (Å²) in [4.78, 5) is 25.6. The van der Waals surface area contributed by atoms with E-state index < -0.39 is 0 Å². The fraction of sp³-hybridized carbons (Fsp3) is 0.389. The molecular weight excluding hydrogens is 338 g/mol. The predicted octanol–water partition coefficient (Wildman–Crippen LogP) is 2.44. The Balaban J connectivity index is 1.69. The molecule has 1 fully saturated rings. The van der Waals surface area contributed by atoms with Crippen molar-refractivity contribution in [3.63, 3.8) is 0 Å². The number of hydrogen-bond acceptors (Lipinski definition) is 5. The molecule has 1 aromatic carbocycles. The second kappa shape index (κ2) is 7.80. The summed E-state index contributed by atoms with van der Waals surface area (Å²) in [7, 11) is 2.06. The van der Waals surface area contributed by atoms with Crippen LogP contribution in [-0.4, -0.2) is 58.9 Å². The van der Waals surface area contributed by atoms with Crippen molar-refractivity contribution in [2.24, 2.45) is 0 Å². The summed E-state index contributed by atoms with van der Waals surface area (Å²) in [5.41, 5.74) is 2.28. The molecule has 25 heavy (non-hydrogen) atoms. The Labute approximate surface area is 152 Å². The van der Waals surface area contributed by atoms with E-state index in [0.717, 1.165) is 37.4 Å². The second-order valence-electron chi connectivity index (χ2n) is 6.29. The highest BCUT2D eigenvalue weighted by Crippen LogP contribution is 2.13. The smallest absolute Gasteiger partial charge is 0.272 e. The van der Waals surface area contributed by atoms with E-state index in [-0.39, 0.29) is 5.91 Å². The van der Waals surface area contributed by atoms with E-state index in [2.05, 4.69) is 27.2 Å². The molecule has 0 radical (unpaired) electrons. The molecule has 2 heterocycles. The first kappa shape index (κ1) is 17.6. The van der Waals surface area contributed by atoms with Crippen LogP contribution in [0.4, 0.5) is 5.95 Å². The van der Waals surface area contributed by atoms with Crippen molar-refractivity contribution in [1.29, 1.82) is 0 Å². The molecule has 1 aliphatic heterocycles. The molecule has 0 bridgehead atoms. The summed E-state index contributed by atoms with van der Waals surface area (Å²) >= 11 is 5.90. The molecule has 1 amide bonds. The maximum atomic E-state index is 12.7. The molecule has 7 heteroatoms. The fourth-order valence-corrected chi connectivity index (χ4v) is 2.84. The fourth-order valence-electron chi connectivity index (χ4n) is 2.71. The first-order valence-electron chi connectivity index (χ1n) is 8.33. The van der Waals surface area contributed by atoms with Crippen molar-refractivity contribution in [2.75, 3.05) is 38.5 Å². The summed E-state index contributed by atoms with van der Waals surface area (Å²) in [5.74, 6) is 0.431. The number of halogens is 1.